The van der Waals surface area contributed by atoms with Gasteiger partial charge in [-0.3, -0.25) is 4.68 Å². The third-order valence-electron chi connectivity index (χ3n) is 3.15. The summed E-state index contributed by atoms with van der Waals surface area (Å²) in [6.45, 7) is 3.10. The van der Waals surface area contributed by atoms with Crippen LogP contribution in [0.3, 0.4) is 0 Å². The number of nitrogen functional groups attached to an aromatic ring is 1. The maximum absolute atomic E-state index is 8.76. The summed E-state index contributed by atoms with van der Waals surface area (Å²) in [6.07, 6.45) is 12.1. The van der Waals surface area contributed by atoms with E-state index in [4.69, 9.17) is 11.0 Å². The first-order valence-corrected chi connectivity index (χ1v) is 7.01. The maximum Gasteiger partial charge on any atom is 0.163 e. The third-order valence-corrected chi connectivity index (χ3v) is 3.15. The van der Waals surface area contributed by atoms with Gasteiger partial charge in [-0.25, -0.2) is 0 Å². The van der Waals surface area contributed by atoms with Crippen LogP contribution in [0.4, 0.5) is 5.82 Å². The Kier molecular flexibility index (Phi) is 6.93. The molecule has 0 spiro atoms. The first kappa shape index (κ1) is 14.6. The van der Waals surface area contributed by atoms with Crippen molar-refractivity contribution in [3.63, 3.8) is 0 Å². The van der Waals surface area contributed by atoms with Gasteiger partial charge in [0.15, 0.2) is 5.82 Å². The summed E-state index contributed by atoms with van der Waals surface area (Å²) in [4.78, 5) is 0. The van der Waals surface area contributed by atoms with Crippen LogP contribution < -0.4 is 5.73 Å². The quantitative estimate of drug-likeness (QED) is 0.680. The van der Waals surface area contributed by atoms with Crippen LogP contribution in [-0.4, -0.2) is 9.78 Å². The molecule has 0 saturated carbocycles. The lowest BCUT2D eigenvalue weighted by Crippen LogP contribution is -1.99. The van der Waals surface area contributed by atoms with Crippen molar-refractivity contribution in [2.45, 2.75) is 64.8 Å². The minimum Gasteiger partial charge on any atom is -0.381 e. The fourth-order valence-electron chi connectivity index (χ4n) is 2.04. The number of unbranched alkanes of at least 4 members (excludes halogenated alkanes) is 7. The number of nitrogens with two attached hydrogens (primary N) is 1. The van der Waals surface area contributed by atoms with Gasteiger partial charge in [0.05, 0.1) is 0 Å². The standard InChI is InChI=1S/C14H24N4/c1-2-3-4-5-6-7-8-9-10-18-12-13(11-15)14(16)17-18/h12H,2-10H2,1H3,(H2,16,17). The first-order valence-electron chi connectivity index (χ1n) is 7.01. The molecule has 100 valence electrons. The highest BCUT2D eigenvalue weighted by Crippen LogP contribution is 2.11. The molecule has 1 heterocycles. The molecule has 0 amide bonds. The highest BCUT2D eigenvalue weighted by Gasteiger charge is 2.03. The van der Waals surface area contributed by atoms with Crippen molar-refractivity contribution in [2.75, 3.05) is 5.73 Å². The van der Waals surface area contributed by atoms with Gasteiger partial charge >= 0.3 is 0 Å². The molecule has 1 aromatic heterocycles. The Balaban J connectivity index is 2.05. The molecule has 0 saturated heterocycles. The highest BCUT2D eigenvalue weighted by atomic mass is 15.3. The molecule has 0 aromatic carbocycles. The van der Waals surface area contributed by atoms with E-state index in [1.54, 1.807) is 10.9 Å². The summed E-state index contributed by atoms with van der Waals surface area (Å²) in [5.74, 6) is 0.345. The SMILES string of the molecule is CCCCCCCCCCn1cc(C#N)c(N)n1. The Bertz CT molecular complexity index is 376. The summed E-state index contributed by atoms with van der Waals surface area (Å²) in [5.41, 5.74) is 6.08. The van der Waals surface area contributed by atoms with Crippen LogP contribution in [0.2, 0.25) is 0 Å². The highest BCUT2D eigenvalue weighted by molar-refractivity contribution is 5.46. The van der Waals surface area contributed by atoms with Crippen molar-refractivity contribution in [1.29, 1.82) is 5.26 Å². The zero-order chi connectivity index (χ0) is 13.2. The largest absolute Gasteiger partial charge is 0.381 e. The number of anilines is 1. The lowest BCUT2D eigenvalue weighted by atomic mass is 10.1. The van der Waals surface area contributed by atoms with E-state index in [1.165, 1.54) is 44.9 Å². The second kappa shape index (κ2) is 8.57. The molecule has 4 nitrogen and oxygen atoms in total. The number of hydrogen-bond acceptors (Lipinski definition) is 3. The average Bonchev–Trinajstić information content (AvgIpc) is 2.73. The maximum atomic E-state index is 8.76. The van der Waals surface area contributed by atoms with Gasteiger partial charge in [0.1, 0.15) is 11.6 Å². The summed E-state index contributed by atoms with van der Waals surface area (Å²) in [6, 6.07) is 2.04. The molecule has 0 fully saturated rings. The molecule has 0 radical (unpaired) electrons. The fraction of sp³-hybridized carbons (Fsp3) is 0.714. The van der Waals surface area contributed by atoms with Crippen molar-refractivity contribution in [2.24, 2.45) is 0 Å². The van der Waals surface area contributed by atoms with Gasteiger partial charge in [-0.15, -0.1) is 0 Å². The minimum absolute atomic E-state index is 0.345. The van der Waals surface area contributed by atoms with E-state index in [1.807, 2.05) is 6.07 Å². The average molecular weight is 248 g/mol. The summed E-state index contributed by atoms with van der Waals surface area (Å²) in [7, 11) is 0. The van der Waals surface area contributed by atoms with Gasteiger partial charge in [-0.2, -0.15) is 10.4 Å². The predicted octanol–water partition coefficient (Wildman–Crippen LogP) is 3.48. The van der Waals surface area contributed by atoms with E-state index < -0.39 is 0 Å². The van der Waals surface area contributed by atoms with Gasteiger partial charge in [-0.05, 0) is 6.42 Å². The van der Waals surface area contributed by atoms with Crippen molar-refractivity contribution < 1.29 is 0 Å². The molecule has 2 N–H and O–H groups in total. The molecule has 1 aromatic rings. The van der Waals surface area contributed by atoms with E-state index in [0.717, 1.165) is 13.0 Å². The summed E-state index contributed by atoms with van der Waals surface area (Å²) >= 11 is 0. The Hall–Kier alpha value is -1.50. The van der Waals surface area contributed by atoms with E-state index in [9.17, 15) is 0 Å². The van der Waals surface area contributed by atoms with Crippen LogP contribution in [0.25, 0.3) is 0 Å². The molecular weight excluding hydrogens is 224 g/mol. The molecular formula is C14H24N4. The van der Waals surface area contributed by atoms with E-state index in [2.05, 4.69) is 12.0 Å². The Morgan fingerprint density at radius 1 is 1.17 bits per heavy atom. The molecule has 4 heteroatoms. The monoisotopic (exact) mass is 248 g/mol. The lowest BCUT2D eigenvalue weighted by Gasteiger charge is -2.02. The van der Waals surface area contributed by atoms with Gasteiger partial charge in [0, 0.05) is 12.7 Å². The van der Waals surface area contributed by atoms with Crippen molar-refractivity contribution >= 4 is 5.82 Å². The van der Waals surface area contributed by atoms with Gasteiger partial charge in [-0.1, -0.05) is 51.9 Å². The smallest absolute Gasteiger partial charge is 0.163 e. The number of nitrogens with zero attached hydrogens (tertiary/aromatic N) is 3. The number of rotatable bonds is 9. The second-order valence-electron chi connectivity index (χ2n) is 4.78. The molecule has 0 atom stereocenters. The fourth-order valence-corrected chi connectivity index (χ4v) is 2.04. The number of hydrogen-bond donors (Lipinski definition) is 1. The van der Waals surface area contributed by atoms with E-state index >= 15 is 0 Å². The topological polar surface area (TPSA) is 67.6 Å². The molecule has 1 rings (SSSR count). The molecule has 0 aliphatic carbocycles. The summed E-state index contributed by atoms with van der Waals surface area (Å²) in [5, 5.41) is 12.9. The molecule has 0 aliphatic heterocycles. The number of nitriles is 1. The Morgan fingerprint density at radius 3 is 2.33 bits per heavy atom. The predicted molar refractivity (Wildman–Crippen MR) is 74.0 cm³/mol. The Labute approximate surface area is 110 Å². The van der Waals surface area contributed by atoms with Crippen LogP contribution in [0.15, 0.2) is 6.20 Å². The van der Waals surface area contributed by atoms with Crippen LogP contribution in [0.5, 0.6) is 0 Å². The van der Waals surface area contributed by atoms with Crippen LogP contribution in [0, 0.1) is 11.3 Å². The van der Waals surface area contributed by atoms with Crippen LogP contribution in [-0.2, 0) is 6.54 Å². The number of aromatic nitrogens is 2. The molecule has 0 aliphatic rings. The zero-order valence-electron chi connectivity index (χ0n) is 11.4. The van der Waals surface area contributed by atoms with Crippen LogP contribution >= 0.6 is 0 Å². The first-order chi connectivity index (χ1) is 8.77. The molecule has 0 bridgehead atoms. The minimum atomic E-state index is 0.345. The van der Waals surface area contributed by atoms with Gasteiger partial charge < -0.3 is 5.73 Å². The lowest BCUT2D eigenvalue weighted by molar-refractivity contribution is 0.521. The van der Waals surface area contributed by atoms with E-state index in [0.29, 0.717) is 11.4 Å². The van der Waals surface area contributed by atoms with Crippen molar-refractivity contribution in [3.8, 4) is 6.07 Å². The van der Waals surface area contributed by atoms with Crippen molar-refractivity contribution in [3.05, 3.63) is 11.8 Å². The number of aryl methyl sites for hydroxylation is 1. The van der Waals surface area contributed by atoms with Crippen molar-refractivity contribution in [1.82, 2.24) is 9.78 Å². The Morgan fingerprint density at radius 2 is 1.78 bits per heavy atom. The normalized spacial score (nSPS) is 10.4. The van der Waals surface area contributed by atoms with Crippen LogP contribution in [0.1, 0.15) is 63.9 Å². The van der Waals surface area contributed by atoms with Gasteiger partial charge in [0.25, 0.3) is 0 Å². The molecule has 0 unspecified atom stereocenters. The second-order valence-corrected chi connectivity index (χ2v) is 4.78. The van der Waals surface area contributed by atoms with E-state index in [-0.39, 0.29) is 0 Å². The summed E-state index contributed by atoms with van der Waals surface area (Å²) < 4.78 is 1.78. The molecule has 18 heavy (non-hydrogen) atoms. The van der Waals surface area contributed by atoms with Gasteiger partial charge in [0.2, 0.25) is 0 Å². The third kappa shape index (κ3) is 5.22. The zero-order valence-corrected chi connectivity index (χ0v) is 11.4.